The van der Waals surface area contributed by atoms with Crippen LogP contribution in [0.3, 0.4) is 0 Å². The van der Waals surface area contributed by atoms with E-state index in [2.05, 4.69) is 34.6 Å². The van der Waals surface area contributed by atoms with E-state index >= 15 is 0 Å². The number of carbonyl (C=O) groups is 3. The molecule has 0 aromatic rings. The highest BCUT2D eigenvalue weighted by atomic mass is 16.6. The number of ether oxygens (including phenoxy) is 3. The largest absolute Gasteiger partial charge is 0.462 e. The molecule has 1 unspecified atom stereocenters. The summed E-state index contributed by atoms with van der Waals surface area (Å²) < 4.78 is 16.6. The van der Waals surface area contributed by atoms with Gasteiger partial charge in [0.05, 0.1) is 0 Å². The molecule has 0 heterocycles. The van der Waals surface area contributed by atoms with E-state index in [1.54, 1.807) is 0 Å². The first-order chi connectivity index (χ1) is 22.8. The van der Waals surface area contributed by atoms with E-state index < -0.39 is 6.10 Å². The van der Waals surface area contributed by atoms with Crippen molar-refractivity contribution in [1.82, 2.24) is 0 Å². The fourth-order valence-electron chi connectivity index (χ4n) is 5.84. The lowest BCUT2D eigenvalue weighted by molar-refractivity contribution is -0.167. The summed E-state index contributed by atoms with van der Waals surface area (Å²) in [5.74, 6) is 0.705. The number of hydrogen-bond donors (Lipinski definition) is 0. The zero-order valence-electron chi connectivity index (χ0n) is 31.9. The van der Waals surface area contributed by atoms with Crippen LogP contribution in [-0.4, -0.2) is 37.2 Å². The minimum Gasteiger partial charge on any atom is -0.462 e. The van der Waals surface area contributed by atoms with E-state index in [0.717, 1.165) is 69.6 Å². The fraction of sp³-hybridized carbons (Fsp3) is 0.927. The molecule has 0 fully saturated rings. The van der Waals surface area contributed by atoms with Crippen molar-refractivity contribution >= 4 is 17.9 Å². The van der Waals surface area contributed by atoms with Crippen LogP contribution in [0.25, 0.3) is 0 Å². The summed E-state index contributed by atoms with van der Waals surface area (Å²) in [4.78, 5) is 37.4. The number of unbranched alkanes of at least 4 members (excludes halogenated alkanes) is 19. The zero-order valence-corrected chi connectivity index (χ0v) is 31.9. The number of hydrogen-bond acceptors (Lipinski definition) is 6. The molecule has 0 saturated heterocycles. The molecule has 0 amide bonds. The van der Waals surface area contributed by atoms with Crippen LogP contribution in [0.2, 0.25) is 0 Å². The maximum Gasteiger partial charge on any atom is 0.306 e. The maximum atomic E-state index is 12.6. The van der Waals surface area contributed by atoms with Gasteiger partial charge in [-0.15, -0.1) is 0 Å². The Morgan fingerprint density at radius 2 is 0.809 bits per heavy atom. The normalized spacial score (nSPS) is 12.6. The number of carbonyl (C=O) groups excluding carboxylic acids is 3. The predicted molar refractivity (Wildman–Crippen MR) is 196 cm³/mol. The first-order valence-electron chi connectivity index (χ1n) is 20.3. The first-order valence-corrected chi connectivity index (χ1v) is 20.3. The summed E-state index contributed by atoms with van der Waals surface area (Å²) in [6.07, 6.45) is 29.6. The van der Waals surface area contributed by atoms with Crippen LogP contribution in [0.1, 0.15) is 214 Å². The highest BCUT2D eigenvalue weighted by molar-refractivity contribution is 5.71. The van der Waals surface area contributed by atoms with Crippen molar-refractivity contribution in [3.8, 4) is 0 Å². The van der Waals surface area contributed by atoms with Crippen molar-refractivity contribution in [3.05, 3.63) is 0 Å². The van der Waals surface area contributed by atoms with Crippen LogP contribution in [-0.2, 0) is 28.6 Å². The van der Waals surface area contributed by atoms with Crippen molar-refractivity contribution in [2.45, 2.75) is 221 Å². The van der Waals surface area contributed by atoms with E-state index in [1.807, 2.05) is 0 Å². The lowest BCUT2D eigenvalue weighted by Crippen LogP contribution is -2.30. The second-order valence-corrected chi connectivity index (χ2v) is 14.6. The van der Waals surface area contributed by atoms with Crippen LogP contribution < -0.4 is 0 Å². The monoisotopic (exact) mass is 667 g/mol. The van der Waals surface area contributed by atoms with Gasteiger partial charge >= 0.3 is 17.9 Å². The van der Waals surface area contributed by atoms with E-state index in [0.29, 0.717) is 19.3 Å². The smallest absolute Gasteiger partial charge is 0.306 e. The molecule has 6 nitrogen and oxygen atoms in total. The molecule has 6 heteroatoms. The lowest BCUT2D eigenvalue weighted by atomic mass is 10.00. The molecular formula is C41H78O6. The van der Waals surface area contributed by atoms with E-state index in [9.17, 15) is 14.4 Å². The lowest BCUT2D eigenvalue weighted by Gasteiger charge is -2.18. The number of rotatable bonds is 35. The Morgan fingerprint density at radius 3 is 1.21 bits per heavy atom. The van der Waals surface area contributed by atoms with Crippen molar-refractivity contribution in [2.75, 3.05) is 13.2 Å². The molecule has 0 N–H and O–H groups in total. The van der Waals surface area contributed by atoms with Gasteiger partial charge in [-0.05, 0) is 31.1 Å². The van der Waals surface area contributed by atoms with E-state index in [-0.39, 0.29) is 31.1 Å². The van der Waals surface area contributed by atoms with Crippen molar-refractivity contribution < 1.29 is 28.6 Å². The van der Waals surface area contributed by atoms with Crippen LogP contribution in [0, 0.1) is 11.8 Å². The van der Waals surface area contributed by atoms with Gasteiger partial charge in [-0.3, -0.25) is 14.4 Å². The van der Waals surface area contributed by atoms with Crippen LogP contribution in [0.5, 0.6) is 0 Å². The van der Waals surface area contributed by atoms with Gasteiger partial charge in [0.2, 0.25) is 0 Å². The van der Waals surface area contributed by atoms with Crippen molar-refractivity contribution in [3.63, 3.8) is 0 Å². The second-order valence-electron chi connectivity index (χ2n) is 14.6. The maximum absolute atomic E-state index is 12.6. The molecule has 0 bridgehead atoms. The summed E-state index contributed by atoms with van der Waals surface area (Å²) in [7, 11) is 0. The highest BCUT2D eigenvalue weighted by Crippen LogP contribution is 2.16. The van der Waals surface area contributed by atoms with Gasteiger partial charge in [-0.2, -0.15) is 0 Å². The minimum atomic E-state index is -0.759. The Morgan fingerprint density at radius 1 is 0.447 bits per heavy atom. The quantitative estimate of drug-likeness (QED) is 0.0380. The molecule has 0 aromatic heterocycles. The zero-order chi connectivity index (χ0) is 34.8. The average molecular weight is 667 g/mol. The van der Waals surface area contributed by atoms with Gasteiger partial charge in [-0.1, -0.05) is 176 Å². The Balaban J connectivity index is 4.38. The molecule has 0 radical (unpaired) electrons. The topological polar surface area (TPSA) is 78.9 Å². The van der Waals surface area contributed by atoms with Gasteiger partial charge in [0, 0.05) is 19.3 Å². The molecule has 0 aliphatic rings. The Kier molecular flexibility index (Phi) is 33.1. The molecule has 278 valence electrons. The van der Waals surface area contributed by atoms with Gasteiger partial charge in [0.25, 0.3) is 0 Å². The Hall–Kier alpha value is -1.59. The molecule has 0 saturated carbocycles. The van der Waals surface area contributed by atoms with Crippen molar-refractivity contribution in [1.29, 1.82) is 0 Å². The molecule has 0 aliphatic heterocycles. The van der Waals surface area contributed by atoms with Gasteiger partial charge in [0.1, 0.15) is 13.2 Å². The van der Waals surface area contributed by atoms with Crippen LogP contribution in [0.4, 0.5) is 0 Å². The fourth-order valence-corrected chi connectivity index (χ4v) is 5.84. The molecule has 0 spiro atoms. The SMILES string of the molecule is CCCCCCCCCCCCC(=O)O[C@@H](COC(=O)CCCCCCCCC(C)C)COC(=O)CCCCCCCCC(C)CC. The summed E-state index contributed by atoms with van der Waals surface area (Å²) in [6.45, 7) is 11.2. The molecule has 0 aromatic carbocycles. The van der Waals surface area contributed by atoms with Gasteiger partial charge in [0.15, 0.2) is 6.10 Å². The summed E-state index contributed by atoms with van der Waals surface area (Å²) in [5, 5.41) is 0. The predicted octanol–water partition coefficient (Wildman–Crippen LogP) is 12.2. The third-order valence-corrected chi connectivity index (χ3v) is 9.33. The van der Waals surface area contributed by atoms with E-state index in [1.165, 1.54) is 103 Å². The third kappa shape index (κ3) is 34.1. The van der Waals surface area contributed by atoms with E-state index in [4.69, 9.17) is 14.2 Å². The average Bonchev–Trinajstić information content (AvgIpc) is 3.05. The van der Waals surface area contributed by atoms with Crippen LogP contribution >= 0.6 is 0 Å². The third-order valence-electron chi connectivity index (χ3n) is 9.33. The number of esters is 3. The summed E-state index contributed by atoms with van der Waals surface area (Å²) in [6, 6.07) is 0. The molecule has 47 heavy (non-hydrogen) atoms. The van der Waals surface area contributed by atoms with Gasteiger partial charge < -0.3 is 14.2 Å². The summed E-state index contributed by atoms with van der Waals surface area (Å²) >= 11 is 0. The van der Waals surface area contributed by atoms with Crippen molar-refractivity contribution in [2.24, 2.45) is 11.8 Å². The second kappa shape index (κ2) is 34.3. The molecule has 0 rings (SSSR count). The summed E-state index contributed by atoms with van der Waals surface area (Å²) in [5.41, 5.74) is 0. The van der Waals surface area contributed by atoms with Gasteiger partial charge in [-0.25, -0.2) is 0 Å². The molecule has 0 aliphatic carbocycles. The molecular weight excluding hydrogens is 588 g/mol. The Labute approximate surface area is 291 Å². The van der Waals surface area contributed by atoms with Crippen LogP contribution in [0.15, 0.2) is 0 Å². The Bertz CT molecular complexity index is 721. The minimum absolute atomic E-state index is 0.0676. The molecule has 2 atom stereocenters. The highest BCUT2D eigenvalue weighted by Gasteiger charge is 2.19. The first kappa shape index (κ1) is 45.4. The standard InChI is InChI=1S/C41H78O6/c1-6-8-9-10-11-12-13-14-23-28-33-41(44)47-38(34-45-39(42)31-26-21-17-15-19-24-29-36(3)4)35-46-40(43)32-27-22-18-16-20-25-30-37(5)7-2/h36-38H,6-35H2,1-5H3/t37?,38-/m0/s1.